The summed E-state index contributed by atoms with van der Waals surface area (Å²) in [5.41, 5.74) is -0.450. The van der Waals surface area contributed by atoms with Crippen molar-refractivity contribution in [1.82, 2.24) is 19.5 Å². The van der Waals surface area contributed by atoms with Crippen LogP contribution in [0, 0.1) is 28.6 Å². The van der Waals surface area contributed by atoms with Crippen molar-refractivity contribution in [3.8, 4) is 11.6 Å². The van der Waals surface area contributed by atoms with Crippen LogP contribution in [-0.4, -0.2) is 116 Å². The van der Waals surface area contributed by atoms with Gasteiger partial charge < -0.3 is 28.7 Å². The molecule has 15 heteroatoms. The number of amides is 2. The van der Waals surface area contributed by atoms with Gasteiger partial charge in [-0.05, 0) is 120 Å². The highest BCUT2D eigenvalue weighted by molar-refractivity contribution is 7.91. The van der Waals surface area contributed by atoms with E-state index in [4.69, 9.17) is 23.9 Å². The Kier molecular flexibility index (Phi) is 15.1. The van der Waals surface area contributed by atoms with E-state index in [9.17, 15) is 22.8 Å². The van der Waals surface area contributed by atoms with Crippen molar-refractivity contribution in [2.24, 2.45) is 28.6 Å². The fraction of sp³-hybridized carbons (Fsp3) is 0.712. The van der Waals surface area contributed by atoms with Gasteiger partial charge in [0.2, 0.25) is 27.7 Å². The van der Waals surface area contributed by atoms with E-state index in [1.54, 1.807) is 11.0 Å². The Hall–Kier alpha value is -4.08. The SMILES string of the molecule is C=C[C@@H]1C[C@]1(CC(=O)[C@@H]1C[C@@H]2CN1C(=O)[C@H](C(C)(C)C)CC(=O)O[C@@H]1CCC[C@H]1CCCCCc1c(nc3ccccc3c1OCCCN1CCCCC1)O2)C(=O)NS(=O)(=O)C1(COC)CC1. The molecule has 6 aliphatic rings. The topological polar surface area (TPSA) is 171 Å². The molecule has 0 radical (unpaired) electrons. The number of hydrogen-bond donors (Lipinski definition) is 1. The van der Waals surface area contributed by atoms with E-state index >= 15 is 4.79 Å². The van der Waals surface area contributed by atoms with Crippen LogP contribution in [0.3, 0.4) is 0 Å². The van der Waals surface area contributed by atoms with Crippen molar-refractivity contribution >= 4 is 44.5 Å². The number of sulfonamides is 1. The fourth-order valence-electron chi connectivity index (χ4n) is 11.5. The number of methoxy groups -OCH3 is 1. The van der Waals surface area contributed by atoms with Crippen LogP contribution in [0.25, 0.3) is 10.9 Å². The predicted octanol–water partition coefficient (Wildman–Crippen LogP) is 7.50. The highest BCUT2D eigenvalue weighted by atomic mass is 32.2. The van der Waals surface area contributed by atoms with Gasteiger partial charge in [0.25, 0.3) is 0 Å². The monoisotopic (exact) mass is 947 g/mol. The number of carbonyl (C=O) groups is 4. The first-order valence-corrected chi connectivity index (χ1v) is 26.7. The molecule has 2 aromatic rings. The van der Waals surface area contributed by atoms with Gasteiger partial charge in [-0.3, -0.25) is 23.9 Å². The highest BCUT2D eigenvalue weighted by Crippen LogP contribution is 2.57. The number of esters is 1. The first-order chi connectivity index (χ1) is 32.1. The number of nitrogens with zero attached hydrogens (tertiary/aromatic N) is 3. The molecule has 3 aliphatic carbocycles. The molecule has 368 valence electrons. The summed E-state index contributed by atoms with van der Waals surface area (Å²) in [5.74, 6) is -1.75. The molecule has 0 unspecified atom stereocenters. The molecule has 2 bridgehead atoms. The molecule has 3 saturated carbocycles. The molecule has 4 heterocycles. The lowest BCUT2D eigenvalue weighted by Gasteiger charge is -2.35. The minimum Gasteiger partial charge on any atom is -0.492 e. The molecule has 67 heavy (non-hydrogen) atoms. The van der Waals surface area contributed by atoms with Gasteiger partial charge in [0.1, 0.15) is 22.7 Å². The molecule has 14 nitrogen and oxygen atoms in total. The Morgan fingerprint density at radius 2 is 1.75 bits per heavy atom. The minimum atomic E-state index is -4.12. The van der Waals surface area contributed by atoms with Crippen LogP contribution in [0.4, 0.5) is 0 Å². The zero-order valence-corrected chi connectivity index (χ0v) is 41.2. The third kappa shape index (κ3) is 10.9. The lowest BCUT2D eigenvalue weighted by molar-refractivity contribution is -0.158. The van der Waals surface area contributed by atoms with Crippen molar-refractivity contribution in [2.75, 3.05) is 46.5 Å². The van der Waals surface area contributed by atoms with Gasteiger partial charge in [0.05, 0.1) is 54.6 Å². The molecular formula is C52H74N4O10S. The van der Waals surface area contributed by atoms with Crippen LogP contribution in [0.1, 0.15) is 135 Å². The van der Waals surface area contributed by atoms with Gasteiger partial charge in [-0.2, -0.15) is 0 Å². The Bertz CT molecular complexity index is 2270. The second-order valence-electron chi connectivity index (χ2n) is 21.7. The second kappa shape index (κ2) is 20.5. The summed E-state index contributed by atoms with van der Waals surface area (Å²) < 4.78 is 53.4. The van der Waals surface area contributed by atoms with E-state index in [1.165, 1.54) is 26.4 Å². The molecule has 1 N–H and O–H groups in total. The number of rotatable bonds is 14. The van der Waals surface area contributed by atoms with Gasteiger partial charge in [-0.15, -0.1) is 6.58 Å². The summed E-state index contributed by atoms with van der Waals surface area (Å²) in [6.07, 6.45) is 13.2. The third-order valence-electron chi connectivity index (χ3n) is 15.9. The maximum absolute atomic E-state index is 15.2. The third-order valence-corrected chi connectivity index (χ3v) is 18.0. The van der Waals surface area contributed by atoms with E-state index in [-0.39, 0.29) is 62.5 Å². The average molecular weight is 947 g/mol. The number of pyridine rings is 1. The van der Waals surface area contributed by atoms with E-state index in [2.05, 4.69) is 16.2 Å². The standard InChI is InChI=1S/C52H74N4O10S/c1-6-36-31-52(36,49(60)54-67(61,62)51(23-24-51)34-63-5)32-43(57)42-29-37-33-56(42)48(59)40(50(2,3)4)30-45(58)66-44-22-15-18-35(44)17-9-7-10-20-39-46(64-28-16-27-55-25-13-8-14-26-55)38-19-11-12-21-41(38)53-47(39)65-37/h6,11-12,19,21,35-37,40,42,44H,1,7-10,13-18,20,22-34H2,2-5H3,(H,54,60)/t35-,36-,37-,40-,42+,44-,52-/m1/s1. The number of ether oxygens (including phenoxy) is 4. The maximum atomic E-state index is 15.2. The van der Waals surface area contributed by atoms with Gasteiger partial charge in [-0.1, -0.05) is 58.2 Å². The summed E-state index contributed by atoms with van der Waals surface area (Å²) in [5, 5.41) is 0.909. The number of hydrogen-bond acceptors (Lipinski definition) is 12. The van der Waals surface area contributed by atoms with Crippen molar-refractivity contribution in [1.29, 1.82) is 0 Å². The van der Waals surface area contributed by atoms with Crippen LogP contribution in [0.5, 0.6) is 11.6 Å². The number of aromatic nitrogens is 1. The molecule has 2 saturated heterocycles. The first-order valence-electron chi connectivity index (χ1n) is 25.2. The van der Waals surface area contributed by atoms with Gasteiger partial charge >= 0.3 is 5.97 Å². The van der Waals surface area contributed by atoms with Crippen LogP contribution in [-0.2, 0) is 45.1 Å². The van der Waals surface area contributed by atoms with Crippen LogP contribution in [0.15, 0.2) is 36.9 Å². The van der Waals surface area contributed by atoms with Crippen LogP contribution < -0.4 is 14.2 Å². The number of carbonyl (C=O) groups excluding carboxylic acids is 4. The van der Waals surface area contributed by atoms with Gasteiger partial charge in [0, 0.05) is 31.9 Å². The Balaban J connectivity index is 1.12. The second-order valence-corrected chi connectivity index (χ2v) is 23.7. The van der Waals surface area contributed by atoms with Crippen LogP contribution >= 0.6 is 0 Å². The zero-order chi connectivity index (χ0) is 47.6. The largest absolute Gasteiger partial charge is 0.492 e. The lowest BCUT2D eigenvalue weighted by Crippen LogP contribution is -2.49. The number of piperidine rings is 1. The van der Waals surface area contributed by atoms with Crippen molar-refractivity contribution in [2.45, 2.75) is 159 Å². The summed E-state index contributed by atoms with van der Waals surface area (Å²) in [4.78, 5) is 67.3. The zero-order valence-electron chi connectivity index (χ0n) is 40.4. The van der Waals surface area contributed by atoms with Gasteiger partial charge in [0.15, 0.2) is 5.78 Å². The molecular weight excluding hydrogens is 873 g/mol. The number of likely N-dealkylation sites (tertiary alicyclic amines) is 1. The Morgan fingerprint density at radius 3 is 2.46 bits per heavy atom. The molecule has 1 aromatic heterocycles. The number of allylic oxidation sites excluding steroid dienone is 1. The normalized spacial score (nSPS) is 29.4. The molecule has 1 aromatic carbocycles. The minimum absolute atomic E-state index is 0.0412. The van der Waals surface area contributed by atoms with E-state index in [0.717, 1.165) is 93.2 Å². The molecule has 5 fully saturated rings. The number of nitrogens with one attached hydrogen (secondary N) is 1. The maximum Gasteiger partial charge on any atom is 0.306 e. The smallest absolute Gasteiger partial charge is 0.306 e. The van der Waals surface area contributed by atoms with E-state index < -0.39 is 61.5 Å². The van der Waals surface area contributed by atoms with Crippen molar-refractivity contribution in [3.05, 3.63) is 42.5 Å². The van der Waals surface area contributed by atoms with Crippen molar-refractivity contribution < 1.29 is 46.5 Å². The first kappa shape index (κ1) is 49.3. The molecule has 7 atom stereocenters. The van der Waals surface area contributed by atoms with Gasteiger partial charge in [-0.25, -0.2) is 13.4 Å². The van der Waals surface area contributed by atoms with E-state index in [1.807, 2.05) is 45.0 Å². The number of para-hydroxylation sites is 1. The van der Waals surface area contributed by atoms with E-state index in [0.29, 0.717) is 31.7 Å². The molecule has 3 aliphatic heterocycles. The summed E-state index contributed by atoms with van der Waals surface area (Å²) in [7, 11) is -2.69. The lowest BCUT2D eigenvalue weighted by atomic mass is 9.77. The Labute approximate surface area is 397 Å². The summed E-state index contributed by atoms with van der Waals surface area (Å²) in [6.45, 7) is 13.4. The average Bonchev–Trinajstić information content (AvgIpc) is 4.14. The molecule has 8 rings (SSSR count). The fourth-order valence-corrected chi connectivity index (χ4v) is 13.1. The highest BCUT2D eigenvalue weighted by Gasteiger charge is 2.63. The van der Waals surface area contributed by atoms with Crippen LogP contribution in [0.2, 0.25) is 0 Å². The number of Topliss-reactive ketones (excluding diaryl/α,β-unsaturated/α-hetero) is 1. The van der Waals surface area contributed by atoms with Crippen molar-refractivity contribution in [3.63, 3.8) is 0 Å². The number of benzene rings is 1. The quantitative estimate of drug-likeness (QED) is 0.113. The summed E-state index contributed by atoms with van der Waals surface area (Å²) in [6, 6.07) is 6.90. The predicted molar refractivity (Wildman–Crippen MR) is 255 cm³/mol. The number of fused-ring (bicyclic) bond motifs is 5. The molecule has 0 spiro atoms. The molecule has 2 amide bonds. The number of ketones is 1. The summed E-state index contributed by atoms with van der Waals surface area (Å²) >= 11 is 0. The Morgan fingerprint density at radius 1 is 1.00 bits per heavy atom.